The Morgan fingerprint density at radius 3 is 2.62 bits per heavy atom. The second-order valence-corrected chi connectivity index (χ2v) is 6.63. The Balaban J connectivity index is 2.26. The number of benzene rings is 1. The van der Waals surface area contributed by atoms with Crippen LogP contribution in [-0.2, 0) is 17.9 Å². The molecule has 0 aliphatic rings. The zero-order chi connectivity index (χ0) is 19.1. The van der Waals surface area contributed by atoms with Crippen LogP contribution in [-0.4, -0.2) is 59.0 Å². The molecule has 2 aromatic rings. The fourth-order valence-corrected chi connectivity index (χ4v) is 2.68. The average molecular weight is 360 g/mol. The molecule has 0 spiro atoms. The summed E-state index contributed by atoms with van der Waals surface area (Å²) in [5.74, 6) is -0.101. The molecule has 1 heterocycles. The maximum atomic E-state index is 11.0. The quantitative estimate of drug-likeness (QED) is 0.675. The third-order valence-electron chi connectivity index (χ3n) is 3.82. The molecular weight excluding hydrogens is 332 g/mol. The fraction of sp³-hybridized carbons (Fsp3) is 0.474. The molecule has 0 radical (unpaired) electrons. The van der Waals surface area contributed by atoms with Crippen molar-refractivity contribution in [3.05, 3.63) is 36.0 Å². The van der Waals surface area contributed by atoms with Gasteiger partial charge >= 0.3 is 5.97 Å². The van der Waals surface area contributed by atoms with Gasteiger partial charge in [-0.15, -0.1) is 0 Å². The lowest BCUT2D eigenvalue weighted by molar-refractivity contribution is -0.137. The van der Waals surface area contributed by atoms with Crippen molar-refractivity contribution in [1.29, 1.82) is 0 Å². The molecule has 0 atom stereocenters. The monoisotopic (exact) mass is 360 g/mol. The number of nitrogens with one attached hydrogen (secondary N) is 1. The Bertz CT molecular complexity index is 710. The SMILES string of the molecule is CNCCN(C)Cc1cn(CC(=O)O)nc1-c1ccc(OC(C)C)cc1. The van der Waals surface area contributed by atoms with Crippen LogP contribution in [0.5, 0.6) is 5.75 Å². The van der Waals surface area contributed by atoms with Gasteiger partial charge in [0.25, 0.3) is 0 Å². The van der Waals surface area contributed by atoms with Gasteiger partial charge in [-0.2, -0.15) is 5.10 Å². The summed E-state index contributed by atoms with van der Waals surface area (Å²) < 4.78 is 7.17. The van der Waals surface area contributed by atoms with Crippen molar-refractivity contribution < 1.29 is 14.6 Å². The molecule has 26 heavy (non-hydrogen) atoms. The molecule has 7 heteroatoms. The van der Waals surface area contributed by atoms with Crippen molar-refractivity contribution in [2.75, 3.05) is 27.2 Å². The molecule has 0 unspecified atom stereocenters. The smallest absolute Gasteiger partial charge is 0.325 e. The molecule has 1 aromatic heterocycles. The number of ether oxygens (including phenoxy) is 1. The predicted octanol–water partition coefficient (Wildman–Crippen LogP) is 2.07. The van der Waals surface area contributed by atoms with E-state index in [-0.39, 0.29) is 12.6 Å². The van der Waals surface area contributed by atoms with E-state index in [9.17, 15) is 4.79 Å². The minimum absolute atomic E-state index is 0.118. The highest BCUT2D eigenvalue weighted by atomic mass is 16.5. The van der Waals surface area contributed by atoms with E-state index in [0.717, 1.165) is 35.7 Å². The fourth-order valence-electron chi connectivity index (χ4n) is 2.68. The molecule has 2 N–H and O–H groups in total. The molecular formula is C19H28N4O3. The summed E-state index contributed by atoms with van der Waals surface area (Å²) in [7, 11) is 3.96. The zero-order valence-electron chi connectivity index (χ0n) is 15.9. The number of carboxylic acids is 1. The van der Waals surface area contributed by atoms with Crippen molar-refractivity contribution >= 4 is 5.97 Å². The van der Waals surface area contributed by atoms with Gasteiger partial charge in [0, 0.05) is 37.0 Å². The first kappa shape index (κ1) is 19.9. The van der Waals surface area contributed by atoms with Crippen molar-refractivity contribution in [2.45, 2.75) is 33.0 Å². The number of nitrogens with zero attached hydrogens (tertiary/aromatic N) is 3. The summed E-state index contributed by atoms with van der Waals surface area (Å²) in [6.07, 6.45) is 1.93. The van der Waals surface area contributed by atoms with Crippen LogP contribution in [0.2, 0.25) is 0 Å². The standard InChI is InChI=1S/C19H28N4O3/c1-14(2)26-17-7-5-15(6-8-17)19-16(11-22(4)10-9-20-3)12-23(21-19)13-18(24)25/h5-8,12,14,20H,9-11,13H2,1-4H3,(H,24,25). The Kier molecular flexibility index (Phi) is 7.17. The van der Waals surface area contributed by atoms with Crippen LogP contribution in [0.1, 0.15) is 19.4 Å². The number of aliphatic carboxylic acids is 1. The highest BCUT2D eigenvalue weighted by molar-refractivity contribution is 5.67. The van der Waals surface area contributed by atoms with Crippen LogP contribution in [0.25, 0.3) is 11.3 Å². The first-order valence-electron chi connectivity index (χ1n) is 8.77. The molecule has 142 valence electrons. The first-order chi connectivity index (χ1) is 12.4. The Hall–Kier alpha value is -2.38. The van der Waals surface area contributed by atoms with E-state index in [1.165, 1.54) is 4.68 Å². The Labute approximate surface area is 154 Å². The molecule has 0 amide bonds. The van der Waals surface area contributed by atoms with Crippen molar-refractivity contribution in [3.63, 3.8) is 0 Å². The van der Waals surface area contributed by atoms with Crippen LogP contribution in [0.3, 0.4) is 0 Å². The van der Waals surface area contributed by atoms with Gasteiger partial charge < -0.3 is 20.1 Å². The van der Waals surface area contributed by atoms with Crippen LogP contribution in [0.4, 0.5) is 0 Å². The third-order valence-corrected chi connectivity index (χ3v) is 3.82. The second kappa shape index (κ2) is 9.35. The van der Waals surface area contributed by atoms with E-state index in [4.69, 9.17) is 9.84 Å². The summed E-state index contributed by atoms with van der Waals surface area (Å²) in [6.45, 7) is 6.29. The van der Waals surface area contributed by atoms with Crippen molar-refractivity contribution in [1.82, 2.24) is 20.0 Å². The third kappa shape index (κ3) is 5.86. The molecule has 0 saturated heterocycles. The first-order valence-corrected chi connectivity index (χ1v) is 8.77. The Morgan fingerprint density at radius 2 is 2.04 bits per heavy atom. The normalized spacial score (nSPS) is 11.3. The van der Waals surface area contributed by atoms with Gasteiger partial charge in [-0.05, 0) is 52.2 Å². The van der Waals surface area contributed by atoms with E-state index in [1.54, 1.807) is 0 Å². The number of carboxylic acid groups (broad SMARTS) is 1. The minimum atomic E-state index is -0.908. The van der Waals surface area contributed by atoms with Crippen LogP contribution in [0.15, 0.2) is 30.5 Å². The number of likely N-dealkylation sites (N-methyl/N-ethyl adjacent to an activating group) is 2. The Morgan fingerprint density at radius 1 is 1.35 bits per heavy atom. The molecule has 0 bridgehead atoms. The molecule has 2 rings (SSSR count). The molecule has 1 aromatic carbocycles. The molecule has 0 fully saturated rings. The summed E-state index contributed by atoms with van der Waals surface area (Å²) in [4.78, 5) is 13.2. The topological polar surface area (TPSA) is 79.6 Å². The van der Waals surface area contributed by atoms with Gasteiger partial charge in [-0.3, -0.25) is 9.48 Å². The maximum absolute atomic E-state index is 11.0. The van der Waals surface area contributed by atoms with Gasteiger partial charge in [0.15, 0.2) is 0 Å². The minimum Gasteiger partial charge on any atom is -0.491 e. The number of rotatable bonds is 10. The summed E-state index contributed by atoms with van der Waals surface area (Å²) in [5.41, 5.74) is 2.75. The number of hydrogen-bond donors (Lipinski definition) is 2. The van der Waals surface area contributed by atoms with Gasteiger partial charge in [0.2, 0.25) is 0 Å². The van der Waals surface area contributed by atoms with E-state index >= 15 is 0 Å². The summed E-state index contributed by atoms with van der Waals surface area (Å²) >= 11 is 0. The van der Waals surface area contributed by atoms with Crippen molar-refractivity contribution in [3.8, 4) is 17.0 Å². The van der Waals surface area contributed by atoms with Gasteiger partial charge in [-0.1, -0.05) is 0 Å². The number of carbonyl (C=O) groups is 1. The zero-order valence-corrected chi connectivity index (χ0v) is 15.9. The van der Waals surface area contributed by atoms with Crippen LogP contribution in [0, 0.1) is 0 Å². The van der Waals surface area contributed by atoms with Crippen molar-refractivity contribution in [2.24, 2.45) is 0 Å². The lowest BCUT2D eigenvalue weighted by Gasteiger charge is -2.16. The predicted molar refractivity (Wildman–Crippen MR) is 101 cm³/mol. The molecule has 0 aliphatic heterocycles. The lowest BCUT2D eigenvalue weighted by atomic mass is 10.1. The average Bonchev–Trinajstić information content (AvgIpc) is 2.94. The largest absolute Gasteiger partial charge is 0.491 e. The van der Waals surface area contributed by atoms with Gasteiger partial charge in [-0.25, -0.2) is 0 Å². The van der Waals surface area contributed by atoms with Crippen LogP contribution >= 0.6 is 0 Å². The molecule has 0 saturated carbocycles. The summed E-state index contributed by atoms with van der Waals surface area (Å²) in [5, 5.41) is 16.7. The number of hydrogen-bond acceptors (Lipinski definition) is 5. The van der Waals surface area contributed by atoms with Gasteiger partial charge in [0.05, 0.1) is 11.8 Å². The van der Waals surface area contributed by atoms with E-state index in [0.29, 0.717) is 6.54 Å². The summed E-state index contributed by atoms with van der Waals surface area (Å²) in [6, 6.07) is 7.75. The highest BCUT2D eigenvalue weighted by Gasteiger charge is 2.14. The lowest BCUT2D eigenvalue weighted by Crippen LogP contribution is -2.27. The van der Waals surface area contributed by atoms with Crippen LogP contribution < -0.4 is 10.1 Å². The maximum Gasteiger partial charge on any atom is 0.325 e. The van der Waals surface area contributed by atoms with E-state index in [2.05, 4.69) is 15.3 Å². The second-order valence-electron chi connectivity index (χ2n) is 6.63. The molecule has 0 aliphatic carbocycles. The number of aromatic nitrogens is 2. The van der Waals surface area contributed by atoms with Gasteiger partial charge in [0.1, 0.15) is 12.3 Å². The molecule has 7 nitrogen and oxygen atoms in total. The van der Waals surface area contributed by atoms with E-state index in [1.807, 2.05) is 58.4 Å². The van der Waals surface area contributed by atoms with E-state index < -0.39 is 5.97 Å². The highest BCUT2D eigenvalue weighted by Crippen LogP contribution is 2.26.